The third kappa shape index (κ3) is 1.80. The molecule has 1 aromatic rings. The van der Waals surface area contributed by atoms with E-state index < -0.39 is 0 Å². The zero-order valence-electron chi connectivity index (χ0n) is 9.02. The number of hydrogen-bond donors (Lipinski definition) is 1. The van der Waals surface area contributed by atoms with Gasteiger partial charge < -0.3 is 5.73 Å². The van der Waals surface area contributed by atoms with E-state index in [9.17, 15) is 0 Å². The minimum Gasteiger partial charge on any atom is -0.325 e. The molecule has 15 heavy (non-hydrogen) atoms. The van der Waals surface area contributed by atoms with Crippen molar-refractivity contribution < 1.29 is 0 Å². The summed E-state index contributed by atoms with van der Waals surface area (Å²) in [5, 5.41) is 0. The second-order valence-corrected chi connectivity index (χ2v) is 5.10. The molecular formula is C13H18N2. The van der Waals surface area contributed by atoms with Crippen LogP contribution in [0.4, 0.5) is 0 Å². The Morgan fingerprint density at radius 3 is 2.87 bits per heavy atom. The summed E-state index contributed by atoms with van der Waals surface area (Å²) < 4.78 is 0. The predicted octanol–water partition coefficient (Wildman–Crippen LogP) is 1.61. The molecule has 2 heteroatoms. The minimum absolute atomic E-state index is 0.229. The quantitative estimate of drug-likeness (QED) is 0.789. The number of rotatable bonds is 2. The highest BCUT2D eigenvalue weighted by atomic mass is 15.2. The van der Waals surface area contributed by atoms with Crippen molar-refractivity contribution in [2.45, 2.75) is 24.9 Å². The fourth-order valence-corrected chi connectivity index (χ4v) is 2.71. The smallest absolute Gasteiger partial charge is 0.0233 e. The molecule has 0 amide bonds. The molecular weight excluding hydrogens is 184 g/mol. The summed E-state index contributed by atoms with van der Waals surface area (Å²) in [7, 11) is 0. The zero-order valence-corrected chi connectivity index (χ0v) is 9.02. The lowest BCUT2D eigenvalue weighted by Gasteiger charge is -2.29. The molecule has 0 aromatic heterocycles. The molecule has 0 bridgehead atoms. The van der Waals surface area contributed by atoms with Gasteiger partial charge in [-0.05, 0) is 24.3 Å². The summed E-state index contributed by atoms with van der Waals surface area (Å²) in [6, 6.07) is 10.7. The van der Waals surface area contributed by atoms with Crippen LogP contribution in [0.1, 0.15) is 18.4 Å². The Kier molecular flexibility index (Phi) is 2.08. The number of nitrogens with two attached hydrogens (primary N) is 1. The van der Waals surface area contributed by atoms with Crippen LogP contribution in [-0.2, 0) is 6.54 Å². The van der Waals surface area contributed by atoms with Crippen molar-refractivity contribution >= 4 is 0 Å². The Hall–Kier alpha value is -0.860. The maximum absolute atomic E-state index is 6.18. The van der Waals surface area contributed by atoms with Gasteiger partial charge in [0.15, 0.2) is 0 Å². The monoisotopic (exact) mass is 202 g/mol. The second-order valence-electron chi connectivity index (χ2n) is 5.10. The third-order valence-corrected chi connectivity index (χ3v) is 3.90. The predicted molar refractivity (Wildman–Crippen MR) is 61.4 cm³/mol. The van der Waals surface area contributed by atoms with E-state index in [0.29, 0.717) is 0 Å². The van der Waals surface area contributed by atoms with Crippen LogP contribution in [0.25, 0.3) is 0 Å². The Bertz CT molecular complexity index is 349. The Labute approximate surface area is 91.1 Å². The maximum Gasteiger partial charge on any atom is 0.0233 e. The van der Waals surface area contributed by atoms with Crippen LogP contribution in [0.2, 0.25) is 0 Å². The van der Waals surface area contributed by atoms with E-state index in [-0.39, 0.29) is 5.54 Å². The molecule has 1 heterocycles. The van der Waals surface area contributed by atoms with Gasteiger partial charge >= 0.3 is 0 Å². The van der Waals surface area contributed by atoms with Crippen LogP contribution in [0.5, 0.6) is 0 Å². The van der Waals surface area contributed by atoms with Crippen LogP contribution in [0.3, 0.4) is 0 Å². The summed E-state index contributed by atoms with van der Waals surface area (Å²) in [4.78, 5) is 2.54. The van der Waals surface area contributed by atoms with Crippen molar-refractivity contribution in [1.82, 2.24) is 4.90 Å². The molecule has 0 unspecified atom stereocenters. The first-order valence-corrected chi connectivity index (χ1v) is 5.81. The molecule has 0 spiro atoms. The van der Waals surface area contributed by atoms with Gasteiger partial charge in [0.25, 0.3) is 0 Å². The lowest BCUT2D eigenvalue weighted by Crippen LogP contribution is -2.41. The standard InChI is InChI=1S/C13H18N2/c14-13-6-7-15(10-12(13)8-13)9-11-4-2-1-3-5-11/h1-5,12H,6-10,14H2/t12-,13-/m0/s1. The Balaban J connectivity index is 1.61. The largest absolute Gasteiger partial charge is 0.325 e. The summed E-state index contributed by atoms with van der Waals surface area (Å²) in [5.41, 5.74) is 7.83. The summed E-state index contributed by atoms with van der Waals surface area (Å²) in [5.74, 6) is 0.773. The molecule has 1 saturated heterocycles. The van der Waals surface area contributed by atoms with E-state index in [2.05, 4.69) is 35.2 Å². The molecule has 80 valence electrons. The lowest BCUT2D eigenvalue weighted by molar-refractivity contribution is 0.200. The van der Waals surface area contributed by atoms with Gasteiger partial charge in [-0.1, -0.05) is 30.3 Å². The van der Waals surface area contributed by atoms with Gasteiger partial charge in [-0.15, -0.1) is 0 Å². The molecule has 2 N–H and O–H groups in total. The summed E-state index contributed by atoms with van der Waals surface area (Å²) in [6.45, 7) is 3.46. The first-order valence-electron chi connectivity index (χ1n) is 5.81. The average molecular weight is 202 g/mol. The SMILES string of the molecule is N[C@]12CCN(Cc3ccccc3)C[C@@H]1C2. The second kappa shape index (κ2) is 3.32. The molecule has 2 nitrogen and oxygen atoms in total. The highest BCUT2D eigenvalue weighted by molar-refractivity contribution is 5.16. The van der Waals surface area contributed by atoms with Crippen LogP contribution in [0, 0.1) is 5.92 Å². The van der Waals surface area contributed by atoms with Crippen LogP contribution < -0.4 is 5.73 Å². The van der Waals surface area contributed by atoms with Gasteiger partial charge in [-0.2, -0.15) is 0 Å². The highest BCUT2D eigenvalue weighted by Crippen LogP contribution is 2.47. The van der Waals surface area contributed by atoms with Gasteiger partial charge in [-0.25, -0.2) is 0 Å². The van der Waals surface area contributed by atoms with Crippen molar-refractivity contribution in [2.75, 3.05) is 13.1 Å². The molecule has 2 aliphatic rings. The molecule has 2 atom stereocenters. The molecule has 1 aliphatic heterocycles. The number of fused-ring (bicyclic) bond motifs is 1. The number of piperidine rings is 1. The first-order chi connectivity index (χ1) is 7.26. The highest BCUT2D eigenvalue weighted by Gasteiger charge is 2.53. The van der Waals surface area contributed by atoms with Crippen molar-refractivity contribution in [3.63, 3.8) is 0 Å². The third-order valence-electron chi connectivity index (χ3n) is 3.90. The topological polar surface area (TPSA) is 29.3 Å². The number of benzene rings is 1. The van der Waals surface area contributed by atoms with E-state index in [1.54, 1.807) is 0 Å². The van der Waals surface area contributed by atoms with Gasteiger partial charge in [0.2, 0.25) is 0 Å². The lowest BCUT2D eigenvalue weighted by atomic mass is 10.1. The zero-order chi connectivity index (χ0) is 10.3. The van der Waals surface area contributed by atoms with Crippen molar-refractivity contribution in [1.29, 1.82) is 0 Å². The number of nitrogens with zero attached hydrogens (tertiary/aromatic N) is 1. The van der Waals surface area contributed by atoms with Crippen LogP contribution >= 0.6 is 0 Å². The Morgan fingerprint density at radius 1 is 1.33 bits per heavy atom. The van der Waals surface area contributed by atoms with Gasteiger partial charge in [0, 0.05) is 25.2 Å². The maximum atomic E-state index is 6.18. The molecule has 1 aliphatic carbocycles. The Morgan fingerprint density at radius 2 is 2.13 bits per heavy atom. The van der Waals surface area contributed by atoms with Crippen molar-refractivity contribution in [3.8, 4) is 0 Å². The molecule has 1 saturated carbocycles. The average Bonchev–Trinajstić information content (AvgIpc) is 2.91. The summed E-state index contributed by atoms with van der Waals surface area (Å²) >= 11 is 0. The van der Waals surface area contributed by atoms with Crippen molar-refractivity contribution in [3.05, 3.63) is 35.9 Å². The fourth-order valence-electron chi connectivity index (χ4n) is 2.71. The normalized spacial score (nSPS) is 34.9. The molecule has 2 fully saturated rings. The van der Waals surface area contributed by atoms with E-state index >= 15 is 0 Å². The van der Waals surface area contributed by atoms with E-state index in [0.717, 1.165) is 12.5 Å². The fraction of sp³-hybridized carbons (Fsp3) is 0.538. The molecule has 3 rings (SSSR count). The van der Waals surface area contributed by atoms with Gasteiger partial charge in [0.05, 0.1) is 0 Å². The number of hydrogen-bond acceptors (Lipinski definition) is 2. The van der Waals surface area contributed by atoms with E-state index in [1.807, 2.05) is 0 Å². The van der Waals surface area contributed by atoms with Gasteiger partial charge in [0.1, 0.15) is 0 Å². The molecule has 1 aromatic carbocycles. The minimum atomic E-state index is 0.229. The first kappa shape index (κ1) is 9.37. The van der Waals surface area contributed by atoms with Crippen LogP contribution in [0.15, 0.2) is 30.3 Å². The van der Waals surface area contributed by atoms with Crippen molar-refractivity contribution in [2.24, 2.45) is 11.7 Å². The number of likely N-dealkylation sites (tertiary alicyclic amines) is 1. The summed E-state index contributed by atoms with van der Waals surface area (Å²) in [6.07, 6.45) is 2.43. The molecule has 0 radical (unpaired) electrons. The van der Waals surface area contributed by atoms with E-state index in [1.165, 1.54) is 31.5 Å². The van der Waals surface area contributed by atoms with Crippen LogP contribution in [-0.4, -0.2) is 23.5 Å². The van der Waals surface area contributed by atoms with E-state index in [4.69, 9.17) is 5.73 Å². The van der Waals surface area contributed by atoms with Gasteiger partial charge in [-0.3, -0.25) is 4.90 Å².